The molecule has 0 aromatic heterocycles. The fraction of sp³-hybridized carbons (Fsp3) is 0.350. The molecule has 0 radical (unpaired) electrons. The second kappa shape index (κ2) is 8.93. The van der Waals surface area contributed by atoms with Crippen LogP contribution in [-0.4, -0.2) is 39.1 Å². The molecule has 0 aliphatic carbocycles. The largest absolute Gasteiger partial charge is 0.573 e. The second-order valence-electron chi connectivity index (χ2n) is 6.70. The number of hydrogen-bond donors (Lipinski definition) is 2. The van der Waals surface area contributed by atoms with Crippen LogP contribution < -0.4 is 25.4 Å². The number of benzene rings is 2. The molecule has 1 unspecified atom stereocenters. The van der Waals surface area contributed by atoms with Crippen molar-refractivity contribution in [2.45, 2.75) is 12.8 Å². The van der Waals surface area contributed by atoms with Gasteiger partial charge in [-0.1, -0.05) is 18.2 Å². The van der Waals surface area contributed by atoms with Crippen molar-refractivity contribution >= 4 is 17.3 Å². The number of alkyl halides is 3. The SMILES string of the molecule is COc1cccc(N2CCC(CN=C(N)Nc3ccccc3OC(F)(F)F)C2)c1. The maximum Gasteiger partial charge on any atom is 0.573 e. The third-order valence-electron chi connectivity index (χ3n) is 4.60. The molecule has 156 valence electrons. The van der Waals surface area contributed by atoms with Gasteiger partial charge in [0, 0.05) is 31.4 Å². The van der Waals surface area contributed by atoms with Crippen LogP contribution in [0.2, 0.25) is 0 Å². The van der Waals surface area contributed by atoms with E-state index in [9.17, 15) is 13.2 Å². The summed E-state index contributed by atoms with van der Waals surface area (Å²) in [6.45, 7) is 2.18. The van der Waals surface area contributed by atoms with Gasteiger partial charge in [-0.3, -0.25) is 4.99 Å². The molecule has 0 spiro atoms. The Morgan fingerprint density at radius 3 is 2.79 bits per heavy atom. The first-order chi connectivity index (χ1) is 13.8. The number of nitrogens with two attached hydrogens (primary N) is 1. The van der Waals surface area contributed by atoms with Crippen LogP contribution in [0.1, 0.15) is 6.42 Å². The highest BCUT2D eigenvalue weighted by Gasteiger charge is 2.32. The Balaban J connectivity index is 1.57. The highest BCUT2D eigenvalue weighted by atomic mass is 19.4. The predicted molar refractivity (Wildman–Crippen MR) is 107 cm³/mol. The molecule has 0 saturated carbocycles. The zero-order valence-electron chi connectivity index (χ0n) is 15.9. The van der Waals surface area contributed by atoms with Crippen LogP contribution in [0.25, 0.3) is 0 Å². The number of anilines is 2. The maximum atomic E-state index is 12.5. The van der Waals surface area contributed by atoms with E-state index in [4.69, 9.17) is 10.5 Å². The van der Waals surface area contributed by atoms with Crippen LogP contribution in [0.4, 0.5) is 24.5 Å². The summed E-state index contributed by atoms with van der Waals surface area (Å²) in [6.07, 6.45) is -3.83. The molecule has 1 aliphatic heterocycles. The minimum absolute atomic E-state index is 0.0445. The summed E-state index contributed by atoms with van der Waals surface area (Å²) in [7, 11) is 1.63. The molecule has 3 rings (SSSR count). The minimum atomic E-state index is -4.78. The molecule has 1 heterocycles. The lowest BCUT2D eigenvalue weighted by atomic mass is 10.1. The molecule has 1 fully saturated rings. The summed E-state index contributed by atoms with van der Waals surface area (Å²) in [6, 6.07) is 13.6. The molecule has 6 nitrogen and oxygen atoms in total. The Morgan fingerprint density at radius 2 is 2.03 bits per heavy atom. The fourth-order valence-electron chi connectivity index (χ4n) is 3.21. The highest BCUT2D eigenvalue weighted by Crippen LogP contribution is 2.30. The van der Waals surface area contributed by atoms with E-state index in [-0.39, 0.29) is 17.4 Å². The summed E-state index contributed by atoms with van der Waals surface area (Å²) < 4.78 is 46.8. The summed E-state index contributed by atoms with van der Waals surface area (Å²) >= 11 is 0. The maximum absolute atomic E-state index is 12.5. The van der Waals surface area contributed by atoms with Gasteiger partial charge in [0.25, 0.3) is 0 Å². The van der Waals surface area contributed by atoms with Crippen molar-refractivity contribution in [3.63, 3.8) is 0 Å². The lowest BCUT2D eigenvalue weighted by Gasteiger charge is -2.19. The van der Waals surface area contributed by atoms with Crippen molar-refractivity contribution in [1.29, 1.82) is 0 Å². The number of nitrogens with zero attached hydrogens (tertiary/aromatic N) is 2. The number of guanidine groups is 1. The van der Waals surface area contributed by atoms with Gasteiger partial charge < -0.3 is 25.4 Å². The highest BCUT2D eigenvalue weighted by molar-refractivity contribution is 5.93. The molecule has 1 saturated heterocycles. The Labute approximate surface area is 167 Å². The topological polar surface area (TPSA) is 72.1 Å². The molecule has 1 atom stereocenters. The standard InChI is InChI=1S/C20H23F3N4O2/c1-28-16-6-4-5-15(11-16)27-10-9-14(13-27)12-25-19(24)26-17-7-2-3-8-18(17)29-20(21,22)23/h2-8,11,14H,9-10,12-13H2,1H3,(H3,24,25,26). The number of para-hydroxylation sites is 2. The molecule has 1 aliphatic rings. The molecular formula is C20H23F3N4O2. The van der Waals surface area contributed by atoms with Crippen LogP contribution in [-0.2, 0) is 0 Å². The summed E-state index contributed by atoms with van der Waals surface area (Å²) in [4.78, 5) is 6.54. The third kappa shape index (κ3) is 5.94. The first kappa shape index (κ1) is 20.6. The van der Waals surface area contributed by atoms with Gasteiger partial charge in [0.1, 0.15) is 5.75 Å². The van der Waals surface area contributed by atoms with Gasteiger partial charge in [0.15, 0.2) is 11.7 Å². The number of rotatable bonds is 6. The van der Waals surface area contributed by atoms with Crippen LogP contribution in [0.15, 0.2) is 53.5 Å². The normalized spacial score (nSPS) is 17.3. The minimum Gasteiger partial charge on any atom is -0.497 e. The average Bonchev–Trinajstić information content (AvgIpc) is 3.16. The second-order valence-corrected chi connectivity index (χ2v) is 6.70. The Hall–Kier alpha value is -3.10. The van der Waals surface area contributed by atoms with Gasteiger partial charge in [-0.15, -0.1) is 13.2 Å². The summed E-state index contributed by atoms with van der Waals surface area (Å²) in [5, 5.41) is 2.69. The van der Waals surface area contributed by atoms with Crippen LogP contribution in [0.5, 0.6) is 11.5 Å². The van der Waals surface area contributed by atoms with Crippen molar-refractivity contribution in [3.05, 3.63) is 48.5 Å². The van der Waals surface area contributed by atoms with E-state index >= 15 is 0 Å². The average molecular weight is 408 g/mol. The first-order valence-corrected chi connectivity index (χ1v) is 9.15. The molecule has 2 aromatic rings. The lowest BCUT2D eigenvalue weighted by molar-refractivity contribution is -0.274. The van der Waals surface area contributed by atoms with Crippen LogP contribution in [0, 0.1) is 5.92 Å². The first-order valence-electron chi connectivity index (χ1n) is 9.15. The summed E-state index contributed by atoms with van der Waals surface area (Å²) in [5.74, 6) is 0.784. The van der Waals surface area contributed by atoms with Crippen molar-refractivity contribution < 1.29 is 22.6 Å². The van der Waals surface area contributed by atoms with Gasteiger partial charge >= 0.3 is 6.36 Å². The van der Waals surface area contributed by atoms with Crippen molar-refractivity contribution in [2.24, 2.45) is 16.6 Å². The lowest BCUT2D eigenvalue weighted by Crippen LogP contribution is -2.26. The summed E-state index contributed by atoms with van der Waals surface area (Å²) in [5.41, 5.74) is 7.06. The molecule has 0 amide bonds. The van der Waals surface area contributed by atoms with E-state index in [0.717, 1.165) is 30.9 Å². The van der Waals surface area contributed by atoms with Crippen molar-refractivity contribution in [1.82, 2.24) is 0 Å². The molecule has 3 N–H and O–H groups in total. The molecule has 29 heavy (non-hydrogen) atoms. The number of nitrogens with one attached hydrogen (secondary N) is 1. The van der Waals surface area contributed by atoms with E-state index in [1.165, 1.54) is 18.2 Å². The van der Waals surface area contributed by atoms with Gasteiger partial charge in [-0.05, 0) is 36.6 Å². The fourth-order valence-corrected chi connectivity index (χ4v) is 3.21. The number of hydrogen-bond acceptors (Lipinski definition) is 4. The smallest absolute Gasteiger partial charge is 0.497 e. The van der Waals surface area contributed by atoms with Gasteiger partial charge in [0.2, 0.25) is 0 Å². The quantitative estimate of drug-likeness (QED) is 0.561. The molecule has 0 bridgehead atoms. The van der Waals surface area contributed by atoms with Gasteiger partial charge in [-0.25, -0.2) is 0 Å². The van der Waals surface area contributed by atoms with E-state index in [2.05, 4.69) is 19.9 Å². The van der Waals surface area contributed by atoms with E-state index in [1.807, 2.05) is 24.3 Å². The van der Waals surface area contributed by atoms with Gasteiger partial charge in [0.05, 0.1) is 12.8 Å². The number of aliphatic imine (C=N–C) groups is 1. The predicted octanol–water partition coefficient (Wildman–Crippen LogP) is 3.85. The van der Waals surface area contributed by atoms with Crippen molar-refractivity contribution in [3.8, 4) is 11.5 Å². The Kier molecular flexibility index (Phi) is 6.36. The zero-order valence-corrected chi connectivity index (χ0v) is 15.9. The third-order valence-corrected chi connectivity index (χ3v) is 4.60. The van der Waals surface area contributed by atoms with E-state index < -0.39 is 6.36 Å². The number of halogens is 3. The Bertz CT molecular complexity index is 858. The monoisotopic (exact) mass is 408 g/mol. The zero-order chi connectivity index (χ0) is 20.9. The number of methoxy groups -OCH3 is 1. The Morgan fingerprint density at radius 1 is 1.24 bits per heavy atom. The van der Waals surface area contributed by atoms with Crippen molar-refractivity contribution in [2.75, 3.05) is 37.0 Å². The van der Waals surface area contributed by atoms with Crippen LogP contribution in [0.3, 0.4) is 0 Å². The van der Waals surface area contributed by atoms with Gasteiger partial charge in [-0.2, -0.15) is 0 Å². The van der Waals surface area contributed by atoms with Crippen LogP contribution >= 0.6 is 0 Å². The molecule has 9 heteroatoms. The van der Waals surface area contributed by atoms with E-state index in [1.54, 1.807) is 13.2 Å². The van der Waals surface area contributed by atoms with E-state index in [0.29, 0.717) is 12.5 Å². The molecular weight excluding hydrogens is 385 g/mol. The number of ether oxygens (including phenoxy) is 2. The molecule has 2 aromatic carbocycles.